The first-order valence-electron chi connectivity index (χ1n) is 4.97. The van der Waals surface area contributed by atoms with E-state index in [1.54, 1.807) is 0 Å². The van der Waals surface area contributed by atoms with Gasteiger partial charge in [0.15, 0.2) is 0 Å². The first-order chi connectivity index (χ1) is 7.75. The maximum absolute atomic E-state index is 3.98. The van der Waals surface area contributed by atoms with Gasteiger partial charge in [0, 0.05) is 22.9 Å². The van der Waals surface area contributed by atoms with Crippen LogP contribution in [-0.2, 0) is 13.1 Å². The van der Waals surface area contributed by atoms with Gasteiger partial charge in [-0.25, -0.2) is 0 Å². The molecule has 0 bridgehead atoms. The van der Waals surface area contributed by atoms with Gasteiger partial charge in [0.2, 0.25) is 0 Å². The molecule has 0 saturated carbocycles. The van der Waals surface area contributed by atoms with Gasteiger partial charge in [-0.05, 0) is 41.7 Å². The highest BCUT2D eigenvalue weighted by Gasteiger charge is 2.00. The molecule has 0 aliphatic rings. The van der Waals surface area contributed by atoms with Crippen LogP contribution in [-0.4, -0.2) is 9.59 Å². The van der Waals surface area contributed by atoms with Crippen molar-refractivity contribution in [3.05, 3.63) is 44.9 Å². The van der Waals surface area contributed by atoms with Crippen LogP contribution >= 0.6 is 27.5 Å². The van der Waals surface area contributed by atoms with Gasteiger partial charge in [-0.2, -0.15) is 0 Å². The van der Waals surface area contributed by atoms with Crippen LogP contribution in [0.5, 0.6) is 0 Å². The normalized spacial score (nSPS) is 10.6. The number of nitrogens with one attached hydrogen (secondary N) is 1. The second-order valence-electron chi connectivity index (χ2n) is 3.57. The molecule has 0 saturated heterocycles. The number of halogens is 1. The lowest BCUT2D eigenvalue weighted by molar-refractivity contribution is 0.675. The largest absolute Gasteiger partial charge is 0.307 e. The Morgan fingerprint density at radius 1 is 1.38 bits per heavy atom. The molecule has 5 heteroatoms. The molecule has 1 N–H and O–H groups in total. The van der Waals surface area contributed by atoms with Crippen molar-refractivity contribution in [2.24, 2.45) is 0 Å². The average Bonchev–Trinajstić information content (AvgIpc) is 2.74. The lowest BCUT2D eigenvalue weighted by Crippen LogP contribution is -2.13. The molecule has 1 heterocycles. The summed E-state index contributed by atoms with van der Waals surface area (Å²) in [6, 6.07) is 6.32. The van der Waals surface area contributed by atoms with Gasteiger partial charge < -0.3 is 5.32 Å². The maximum atomic E-state index is 3.98. The van der Waals surface area contributed by atoms with Crippen LogP contribution in [0.15, 0.2) is 28.1 Å². The third-order valence-corrected chi connectivity index (χ3v) is 3.38. The van der Waals surface area contributed by atoms with Gasteiger partial charge in [0.25, 0.3) is 0 Å². The van der Waals surface area contributed by atoms with Crippen molar-refractivity contribution < 1.29 is 0 Å². The van der Waals surface area contributed by atoms with Crippen molar-refractivity contribution in [3.8, 4) is 0 Å². The average molecular weight is 298 g/mol. The number of hydrogen-bond acceptors (Lipinski definition) is 4. The zero-order chi connectivity index (χ0) is 11.4. The fourth-order valence-electron chi connectivity index (χ4n) is 1.44. The Morgan fingerprint density at radius 2 is 2.25 bits per heavy atom. The van der Waals surface area contributed by atoms with E-state index < -0.39 is 0 Å². The van der Waals surface area contributed by atoms with Crippen molar-refractivity contribution in [2.75, 3.05) is 0 Å². The molecule has 84 valence electrons. The Morgan fingerprint density at radius 3 is 2.94 bits per heavy atom. The number of benzene rings is 1. The lowest BCUT2D eigenvalue weighted by Gasteiger charge is -2.06. The van der Waals surface area contributed by atoms with Crippen LogP contribution in [0.2, 0.25) is 0 Å². The molecule has 16 heavy (non-hydrogen) atoms. The van der Waals surface area contributed by atoms with E-state index in [0.29, 0.717) is 0 Å². The maximum Gasteiger partial charge on any atom is 0.0893 e. The first kappa shape index (κ1) is 11.7. The van der Waals surface area contributed by atoms with Crippen molar-refractivity contribution in [1.29, 1.82) is 0 Å². The molecule has 2 aromatic rings. The van der Waals surface area contributed by atoms with Crippen LogP contribution in [0.3, 0.4) is 0 Å². The third-order valence-electron chi connectivity index (χ3n) is 2.33. The highest BCUT2D eigenvalue weighted by atomic mass is 79.9. The molecule has 0 aliphatic carbocycles. The Balaban J connectivity index is 1.90. The van der Waals surface area contributed by atoms with Gasteiger partial charge >= 0.3 is 0 Å². The summed E-state index contributed by atoms with van der Waals surface area (Å²) in [6.45, 7) is 3.74. The topological polar surface area (TPSA) is 37.8 Å². The van der Waals surface area contributed by atoms with Crippen molar-refractivity contribution in [1.82, 2.24) is 14.9 Å². The van der Waals surface area contributed by atoms with E-state index in [1.807, 2.05) is 5.38 Å². The Hall–Kier alpha value is -0.780. The molecule has 0 spiro atoms. The summed E-state index contributed by atoms with van der Waals surface area (Å²) in [6.07, 6.45) is 0. The fourth-order valence-corrected chi connectivity index (χ4v) is 2.37. The highest BCUT2D eigenvalue weighted by molar-refractivity contribution is 9.10. The molecule has 1 aromatic carbocycles. The van der Waals surface area contributed by atoms with E-state index in [4.69, 9.17) is 0 Å². The monoisotopic (exact) mass is 297 g/mol. The summed E-state index contributed by atoms with van der Waals surface area (Å²) >= 11 is 4.84. The number of hydrogen-bond donors (Lipinski definition) is 1. The SMILES string of the molecule is Cc1cc(Br)ccc1CNCc1csnn1. The summed E-state index contributed by atoms with van der Waals surface area (Å²) in [7, 11) is 0. The summed E-state index contributed by atoms with van der Waals surface area (Å²) in [5, 5.41) is 9.30. The molecular formula is C11H12BrN3S. The van der Waals surface area contributed by atoms with E-state index >= 15 is 0 Å². The summed E-state index contributed by atoms with van der Waals surface area (Å²) in [5.74, 6) is 0. The standard InChI is InChI=1S/C11H12BrN3S/c1-8-4-10(12)3-2-9(8)5-13-6-11-7-16-15-14-11/h2-4,7,13H,5-6H2,1H3. The van der Waals surface area contributed by atoms with E-state index in [1.165, 1.54) is 22.7 Å². The zero-order valence-corrected chi connectivity index (χ0v) is 11.3. The van der Waals surface area contributed by atoms with E-state index in [2.05, 4.69) is 56.0 Å². The van der Waals surface area contributed by atoms with Crippen LogP contribution in [0.25, 0.3) is 0 Å². The molecule has 0 radical (unpaired) electrons. The van der Waals surface area contributed by atoms with Crippen LogP contribution in [0, 0.1) is 6.92 Å². The van der Waals surface area contributed by atoms with E-state index in [0.717, 1.165) is 23.3 Å². The molecule has 1 aromatic heterocycles. The quantitative estimate of drug-likeness (QED) is 0.943. The predicted octanol–water partition coefficient (Wildman–Crippen LogP) is 2.90. The minimum atomic E-state index is 0.770. The molecule has 0 amide bonds. The van der Waals surface area contributed by atoms with Crippen molar-refractivity contribution in [2.45, 2.75) is 20.0 Å². The number of aromatic nitrogens is 2. The van der Waals surface area contributed by atoms with Gasteiger partial charge in [0.05, 0.1) is 5.69 Å². The second kappa shape index (κ2) is 5.52. The number of aryl methyl sites for hydroxylation is 1. The third kappa shape index (κ3) is 3.10. The highest BCUT2D eigenvalue weighted by Crippen LogP contribution is 2.15. The zero-order valence-electron chi connectivity index (χ0n) is 8.90. The first-order valence-corrected chi connectivity index (χ1v) is 6.60. The Bertz CT molecular complexity index is 456. The summed E-state index contributed by atoms with van der Waals surface area (Å²) < 4.78 is 4.95. The predicted molar refractivity (Wildman–Crippen MR) is 69.3 cm³/mol. The number of rotatable bonds is 4. The van der Waals surface area contributed by atoms with Gasteiger partial charge in [-0.3, -0.25) is 0 Å². The Labute approximate surface area is 107 Å². The molecule has 0 aliphatic heterocycles. The molecule has 3 nitrogen and oxygen atoms in total. The summed E-state index contributed by atoms with van der Waals surface area (Å²) in [4.78, 5) is 0. The Kier molecular flexibility index (Phi) is 4.04. The van der Waals surface area contributed by atoms with E-state index in [-0.39, 0.29) is 0 Å². The second-order valence-corrected chi connectivity index (χ2v) is 5.10. The smallest absolute Gasteiger partial charge is 0.0893 e. The summed E-state index contributed by atoms with van der Waals surface area (Å²) in [5.41, 5.74) is 3.60. The molecule has 0 fully saturated rings. The molecule has 0 atom stereocenters. The van der Waals surface area contributed by atoms with Crippen molar-refractivity contribution in [3.63, 3.8) is 0 Å². The van der Waals surface area contributed by atoms with Crippen molar-refractivity contribution >= 4 is 27.5 Å². The van der Waals surface area contributed by atoms with Crippen LogP contribution < -0.4 is 5.32 Å². The lowest BCUT2D eigenvalue weighted by atomic mass is 10.1. The molecular weight excluding hydrogens is 286 g/mol. The van der Waals surface area contributed by atoms with Crippen LogP contribution in [0.4, 0.5) is 0 Å². The fraction of sp³-hybridized carbons (Fsp3) is 0.273. The van der Waals surface area contributed by atoms with Crippen LogP contribution in [0.1, 0.15) is 16.8 Å². The molecule has 2 rings (SSSR count). The minimum absolute atomic E-state index is 0.770. The minimum Gasteiger partial charge on any atom is -0.307 e. The number of nitrogens with zero attached hydrogens (tertiary/aromatic N) is 2. The van der Waals surface area contributed by atoms with Gasteiger partial charge in [-0.15, -0.1) is 5.10 Å². The van der Waals surface area contributed by atoms with Gasteiger partial charge in [-0.1, -0.05) is 26.5 Å². The van der Waals surface area contributed by atoms with Gasteiger partial charge in [0.1, 0.15) is 0 Å². The molecule has 0 unspecified atom stereocenters. The van der Waals surface area contributed by atoms with E-state index in [9.17, 15) is 0 Å².